The fraction of sp³-hybridized carbons (Fsp3) is 0.643. The Kier molecular flexibility index (Phi) is 3.52. The first-order valence-electron chi connectivity index (χ1n) is 6.78. The Morgan fingerprint density at radius 3 is 3.11 bits per heavy atom. The first-order valence-corrected chi connectivity index (χ1v) is 6.78. The van der Waals surface area contributed by atoms with E-state index in [9.17, 15) is 4.39 Å². The van der Waals surface area contributed by atoms with Crippen molar-refractivity contribution in [3.8, 4) is 0 Å². The molecule has 3 heterocycles. The average molecular weight is 266 g/mol. The van der Waals surface area contributed by atoms with Crippen molar-refractivity contribution in [1.29, 1.82) is 0 Å². The van der Waals surface area contributed by atoms with E-state index < -0.39 is 0 Å². The molecule has 2 N–H and O–H groups in total. The van der Waals surface area contributed by atoms with Crippen LogP contribution in [0, 0.1) is 11.7 Å². The smallest absolute Gasteiger partial charge is 0.146 e. The van der Waals surface area contributed by atoms with Crippen LogP contribution in [-0.4, -0.2) is 30.4 Å². The first kappa shape index (κ1) is 13.0. The maximum atomic E-state index is 13.8. The molecule has 104 valence electrons. The van der Waals surface area contributed by atoms with Crippen LogP contribution >= 0.6 is 0 Å². The Hall–Kier alpha value is -1.04. The molecule has 1 spiro atoms. The van der Waals surface area contributed by atoms with E-state index in [0.29, 0.717) is 18.9 Å². The van der Waals surface area contributed by atoms with Crippen LogP contribution in [0.25, 0.3) is 0 Å². The lowest BCUT2D eigenvalue weighted by Gasteiger charge is -2.39. The van der Waals surface area contributed by atoms with Gasteiger partial charge in [0.25, 0.3) is 0 Å². The molecule has 2 aliphatic rings. The average Bonchev–Trinajstić information content (AvgIpc) is 2.86. The molecule has 1 aromatic heterocycles. The lowest BCUT2D eigenvalue weighted by atomic mass is 9.80. The Morgan fingerprint density at radius 2 is 2.37 bits per heavy atom. The van der Waals surface area contributed by atoms with E-state index in [1.807, 2.05) is 0 Å². The van der Waals surface area contributed by atoms with Crippen molar-refractivity contribution in [2.75, 3.05) is 19.8 Å². The molecule has 5 heteroatoms. The summed E-state index contributed by atoms with van der Waals surface area (Å²) >= 11 is 0. The van der Waals surface area contributed by atoms with E-state index in [4.69, 9.17) is 15.2 Å². The minimum Gasteiger partial charge on any atom is -0.378 e. The SMILES string of the molecule is NC(c1ncccc1F)C1CCOC2(CCOC2)C1. The Morgan fingerprint density at radius 1 is 1.47 bits per heavy atom. The molecule has 19 heavy (non-hydrogen) atoms. The normalized spacial score (nSPS) is 32.6. The summed E-state index contributed by atoms with van der Waals surface area (Å²) in [6.45, 7) is 2.02. The van der Waals surface area contributed by atoms with Crippen LogP contribution in [0.15, 0.2) is 18.3 Å². The molecule has 3 rings (SSSR count). The molecule has 4 nitrogen and oxygen atoms in total. The van der Waals surface area contributed by atoms with Gasteiger partial charge < -0.3 is 15.2 Å². The van der Waals surface area contributed by atoms with Gasteiger partial charge in [-0.15, -0.1) is 0 Å². The maximum absolute atomic E-state index is 13.8. The van der Waals surface area contributed by atoms with E-state index in [1.165, 1.54) is 6.07 Å². The highest BCUT2D eigenvalue weighted by atomic mass is 19.1. The number of rotatable bonds is 2. The summed E-state index contributed by atoms with van der Waals surface area (Å²) in [6.07, 6.45) is 4.16. The summed E-state index contributed by atoms with van der Waals surface area (Å²) in [5, 5.41) is 0. The van der Waals surface area contributed by atoms with Crippen LogP contribution in [0.1, 0.15) is 31.0 Å². The predicted octanol–water partition coefficient (Wildman–Crippen LogP) is 1.81. The van der Waals surface area contributed by atoms with Crippen molar-refractivity contribution in [2.24, 2.45) is 11.7 Å². The van der Waals surface area contributed by atoms with Gasteiger partial charge in [0.1, 0.15) is 5.82 Å². The van der Waals surface area contributed by atoms with Crippen LogP contribution in [0.3, 0.4) is 0 Å². The summed E-state index contributed by atoms with van der Waals surface area (Å²) in [6, 6.07) is 2.63. The third kappa shape index (κ3) is 2.50. The highest BCUT2D eigenvalue weighted by Crippen LogP contribution is 2.40. The monoisotopic (exact) mass is 266 g/mol. The highest BCUT2D eigenvalue weighted by Gasteiger charge is 2.43. The van der Waals surface area contributed by atoms with E-state index >= 15 is 0 Å². The lowest BCUT2D eigenvalue weighted by Crippen LogP contribution is -2.43. The maximum Gasteiger partial charge on any atom is 0.146 e. The fourth-order valence-electron chi connectivity index (χ4n) is 3.10. The summed E-state index contributed by atoms with van der Waals surface area (Å²) in [5.41, 5.74) is 6.38. The second-order valence-electron chi connectivity index (χ2n) is 5.48. The molecule has 2 saturated heterocycles. The van der Waals surface area contributed by atoms with Gasteiger partial charge in [-0.2, -0.15) is 0 Å². The quantitative estimate of drug-likeness (QED) is 0.887. The first-order chi connectivity index (χ1) is 9.20. The minimum absolute atomic E-state index is 0.194. The molecule has 1 aromatic rings. The zero-order chi connectivity index (χ0) is 13.3. The number of hydrogen-bond donors (Lipinski definition) is 1. The second kappa shape index (κ2) is 5.15. The molecule has 2 fully saturated rings. The molecule has 3 atom stereocenters. The topological polar surface area (TPSA) is 57.4 Å². The van der Waals surface area contributed by atoms with Crippen molar-refractivity contribution in [2.45, 2.75) is 30.9 Å². The molecule has 0 amide bonds. The minimum atomic E-state index is -0.373. The van der Waals surface area contributed by atoms with Crippen LogP contribution in [0.4, 0.5) is 4.39 Å². The summed E-state index contributed by atoms with van der Waals surface area (Å²) in [4.78, 5) is 4.10. The third-order valence-electron chi connectivity index (χ3n) is 4.21. The van der Waals surface area contributed by atoms with Crippen LogP contribution in [-0.2, 0) is 9.47 Å². The Labute approximate surface area is 112 Å². The molecule has 0 aromatic carbocycles. The van der Waals surface area contributed by atoms with Crippen LogP contribution in [0.2, 0.25) is 0 Å². The number of aromatic nitrogens is 1. The van der Waals surface area contributed by atoms with Crippen molar-refractivity contribution >= 4 is 0 Å². The van der Waals surface area contributed by atoms with Crippen molar-refractivity contribution in [3.05, 3.63) is 29.8 Å². The van der Waals surface area contributed by atoms with Crippen molar-refractivity contribution < 1.29 is 13.9 Å². The standard InChI is InChI=1S/C14H19FN2O2/c15-11-2-1-5-17-13(11)12(16)10-3-6-19-14(8-10)4-7-18-9-14/h1-2,5,10,12H,3-4,6-9,16H2. The van der Waals surface area contributed by atoms with E-state index in [1.54, 1.807) is 12.3 Å². The molecule has 0 aliphatic carbocycles. The highest BCUT2D eigenvalue weighted by molar-refractivity contribution is 5.13. The van der Waals surface area contributed by atoms with Gasteiger partial charge in [0.15, 0.2) is 0 Å². The number of nitrogens with two attached hydrogens (primary N) is 1. The molecule has 2 aliphatic heterocycles. The lowest BCUT2D eigenvalue weighted by molar-refractivity contribution is -0.102. The predicted molar refractivity (Wildman–Crippen MR) is 68.0 cm³/mol. The summed E-state index contributed by atoms with van der Waals surface area (Å²) in [7, 11) is 0. The van der Waals surface area contributed by atoms with Gasteiger partial charge >= 0.3 is 0 Å². The van der Waals surface area contributed by atoms with Crippen molar-refractivity contribution in [1.82, 2.24) is 4.98 Å². The van der Waals surface area contributed by atoms with Gasteiger partial charge in [-0.3, -0.25) is 4.98 Å². The van der Waals surface area contributed by atoms with Gasteiger partial charge in [0.2, 0.25) is 0 Å². The molecular weight excluding hydrogens is 247 g/mol. The van der Waals surface area contributed by atoms with E-state index in [-0.39, 0.29) is 23.4 Å². The summed E-state index contributed by atoms with van der Waals surface area (Å²) in [5.74, 6) is -0.127. The number of nitrogens with zero attached hydrogens (tertiary/aromatic N) is 1. The second-order valence-corrected chi connectivity index (χ2v) is 5.48. The number of pyridine rings is 1. The third-order valence-corrected chi connectivity index (χ3v) is 4.21. The van der Waals surface area contributed by atoms with E-state index in [0.717, 1.165) is 25.9 Å². The fourth-order valence-corrected chi connectivity index (χ4v) is 3.10. The van der Waals surface area contributed by atoms with Crippen molar-refractivity contribution in [3.63, 3.8) is 0 Å². The Balaban J connectivity index is 1.76. The van der Waals surface area contributed by atoms with Gasteiger partial charge in [0, 0.05) is 25.8 Å². The van der Waals surface area contributed by atoms with Crippen LogP contribution in [0.5, 0.6) is 0 Å². The number of halogens is 1. The molecule has 3 unspecified atom stereocenters. The van der Waals surface area contributed by atoms with Gasteiger partial charge in [-0.05, 0) is 30.9 Å². The van der Waals surface area contributed by atoms with Gasteiger partial charge in [0.05, 0.1) is 23.9 Å². The van der Waals surface area contributed by atoms with Gasteiger partial charge in [-0.25, -0.2) is 4.39 Å². The molecule has 0 bridgehead atoms. The number of ether oxygens (including phenoxy) is 2. The Bertz CT molecular complexity index is 449. The van der Waals surface area contributed by atoms with E-state index in [2.05, 4.69) is 4.98 Å². The molecule has 0 radical (unpaired) electrons. The zero-order valence-corrected chi connectivity index (χ0v) is 10.8. The largest absolute Gasteiger partial charge is 0.378 e. The van der Waals surface area contributed by atoms with Gasteiger partial charge in [-0.1, -0.05) is 0 Å². The molecular formula is C14H19FN2O2. The van der Waals surface area contributed by atoms with Crippen LogP contribution < -0.4 is 5.73 Å². The summed E-state index contributed by atoms with van der Waals surface area (Å²) < 4.78 is 25.1. The number of hydrogen-bond acceptors (Lipinski definition) is 4. The molecule has 0 saturated carbocycles. The zero-order valence-electron chi connectivity index (χ0n) is 10.8.